The molecule has 0 bridgehead atoms. The van der Waals surface area contributed by atoms with Crippen molar-refractivity contribution in [2.45, 2.75) is 39.3 Å². The predicted molar refractivity (Wildman–Crippen MR) is 76.7 cm³/mol. The van der Waals surface area contributed by atoms with E-state index in [-0.39, 0.29) is 6.61 Å². The Morgan fingerprint density at radius 1 is 1.42 bits per heavy atom. The lowest BCUT2D eigenvalue weighted by atomic mass is 9.94. The zero-order valence-electron chi connectivity index (χ0n) is 11.6. The number of nitrogens with two attached hydrogens (primary N) is 1. The Labute approximate surface area is 119 Å². The number of aryl methyl sites for hydroxylation is 1. The van der Waals surface area contributed by atoms with Gasteiger partial charge in [0.25, 0.3) is 0 Å². The van der Waals surface area contributed by atoms with Crippen LogP contribution in [-0.4, -0.2) is 29.5 Å². The van der Waals surface area contributed by atoms with Crippen LogP contribution in [-0.2, 0) is 0 Å². The van der Waals surface area contributed by atoms with E-state index in [2.05, 4.69) is 0 Å². The van der Waals surface area contributed by atoms with Gasteiger partial charge in [0, 0.05) is 23.2 Å². The molecule has 0 aromatic heterocycles. The fourth-order valence-electron chi connectivity index (χ4n) is 2.10. The quantitative estimate of drug-likeness (QED) is 0.749. The summed E-state index contributed by atoms with van der Waals surface area (Å²) in [6.07, 6.45) is -0.593. The number of rotatable bonds is 6. The SMILES string of the molecule is CCOc1cc(C)c(Cl)c(C)c1C(O)C(N)CCO. The maximum atomic E-state index is 10.3. The lowest BCUT2D eigenvalue weighted by Crippen LogP contribution is -2.30. The molecule has 0 amide bonds. The molecule has 0 radical (unpaired) electrons. The van der Waals surface area contributed by atoms with Crippen LogP contribution < -0.4 is 10.5 Å². The average molecular weight is 288 g/mol. The van der Waals surface area contributed by atoms with E-state index in [9.17, 15) is 5.11 Å². The Hall–Kier alpha value is -0.810. The van der Waals surface area contributed by atoms with E-state index in [0.29, 0.717) is 29.4 Å². The van der Waals surface area contributed by atoms with Crippen LogP contribution in [0.25, 0.3) is 0 Å². The molecule has 0 aliphatic rings. The van der Waals surface area contributed by atoms with Crippen molar-refractivity contribution in [3.05, 3.63) is 27.8 Å². The van der Waals surface area contributed by atoms with E-state index in [1.807, 2.05) is 26.8 Å². The van der Waals surface area contributed by atoms with Gasteiger partial charge in [-0.1, -0.05) is 11.6 Å². The molecule has 1 aromatic rings. The Kier molecular flexibility index (Phi) is 6.07. The van der Waals surface area contributed by atoms with Crippen LogP contribution in [0.3, 0.4) is 0 Å². The van der Waals surface area contributed by atoms with Crippen molar-refractivity contribution in [3.63, 3.8) is 0 Å². The molecule has 0 heterocycles. The van der Waals surface area contributed by atoms with Crippen LogP contribution >= 0.6 is 11.6 Å². The second kappa shape index (κ2) is 7.10. The lowest BCUT2D eigenvalue weighted by Gasteiger charge is -2.24. The van der Waals surface area contributed by atoms with E-state index in [0.717, 1.165) is 11.1 Å². The summed E-state index contributed by atoms with van der Waals surface area (Å²) in [5, 5.41) is 19.9. The van der Waals surface area contributed by atoms with E-state index in [1.165, 1.54) is 0 Å². The predicted octanol–water partition coefficient (Wildman–Crippen LogP) is 2.10. The largest absolute Gasteiger partial charge is 0.493 e. The Morgan fingerprint density at radius 3 is 2.58 bits per heavy atom. The summed E-state index contributed by atoms with van der Waals surface area (Å²) < 4.78 is 5.57. The highest BCUT2D eigenvalue weighted by Gasteiger charge is 2.24. The summed E-state index contributed by atoms with van der Waals surface area (Å²) in [6, 6.07) is 1.25. The maximum absolute atomic E-state index is 10.3. The molecule has 0 aliphatic carbocycles. The highest BCUT2D eigenvalue weighted by Crippen LogP contribution is 2.37. The van der Waals surface area contributed by atoms with Gasteiger partial charge in [0.2, 0.25) is 0 Å². The van der Waals surface area contributed by atoms with Gasteiger partial charge in [0.15, 0.2) is 0 Å². The first-order chi connectivity index (χ1) is 8.93. The number of aliphatic hydroxyl groups excluding tert-OH is 2. The van der Waals surface area contributed by atoms with Crippen LogP contribution in [0.1, 0.15) is 36.1 Å². The minimum absolute atomic E-state index is 0.0686. The van der Waals surface area contributed by atoms with Gasteiger partial charge in [-0.25, -0.2) is 0 Å². The summed E-state index contributed by atoms with van der Waals surface area (Å²) in [7, 11) is 0. The Balaban J connectivity index is 3.26. The molecule has 2 atom stereocenters. The number of halogens is 1. The van der Waals surface area contributed by atoms with Gasteiger partial charge >= 0.3 is 0 Å². The van der Waals surface area contributed by atoms with Crippen LogP contribution in [0.4, 0.5) is 0 Å². The fraction of sp³-hybridized carbons (Fsp3) is 0.571. The van der Waals surface area contributed by atoms with Gasteiger partial charge in [-0.15, -0.1) is 0 Å². The van der Waals surface area contributed by atoms with Crippen LogP contribution in [0.2, 0.25) is 5.02 Å². The molecular weight excluding hydrogens is 266 g/mol. The van der Waals surface area contributed by atoms with E-state index < -0.39 is 12.1 Å². The van der Waals surface area contributed by atoms with Gasteiger partial charge in [0.1, 0.15) is 5.75 Å². The molecule has 4 nitrogen and oxygen atoms in total. The maximum Gasteiger partial charge on any atom is 0.125 e. The molecular formula is C14H22ClNO3. The number of hydrogen-bond acceptors (Lipinski definition) is 4. The molecule has 1 rings (SSSR count). The third-order valence-electron chi connectivity index (χ3n) is 3.16. The monoisotopic (exact) mass is 287 g/mol. The van der Waals surface area contributed by atoms with Gasteiger partial charge < -0.3 is 20.7 Å². The molecule has 0 saturated carbocycles. The van der Waals surface area contributed by atoms with Crippen LogP contribution in [0.5, 0.6) is 5.75 Å². The number of hydrogen-bond donors (Lipinski definition) is 3. The fourth-order valence-corrected chi connectivity index (χ4v) is 2.26. The molecule has 0 spiro atoms. The van der Waals surface area contributed by atoms with Gasteiger partial charge in [-0.2, -0.15) is 0 Å². The summed E-state index contributed by atoms with van der Waals surface area (Å²) in [5.41, 5.74) is 8.15. The lowest BCUT2D eigenvalue weighted by molar-refractivity contribution is 0.124. The zero-order valence-corrected chi connectivity index (χ0v) is 12.4. The van der Waals surface area contributed by atoms with E-state index in [4.69, 9.17) is 27.2 Å². The number of ether oxygens (including phenoxy) is 1. The molecule has 0 aliphatic heterocycles. The second-order valence-electron chi connectivity index (χ2n) is 4.60. The molecule has 2 unspecified atom stereocenters. The van der Waals surface area contributed by atoms with Gasteiger partial charge in [-0.05, 0) is 44.4 Å². The summed E-state index contributed by atoms with van der Waals surface area (Å²) in [4.78, 5) is 0. The highest BCUT2D eigenvalue weighted by molar-refractivity contribution is 6.32. The smallest absolute Gasteiger partial charge is 0.125 e. The summed E-state index contributed by atoms with van der Waals surface area (Å²) in [5.74, 6) is 0.600. The van der Waals surface area contributed by atoms with Crippen LogP contribution in [0.15, 0.2) is 6.07 Å². The van der Waals surface area contributed by atoms with E-state index in [1.54, 1.807) is 0 Å². The number of benzene rings is 1. The Morgan fingerprint density at radius 2 is 2.05 bits per heavy atom. The number of aliphatic hydroxyl groups is 2. The molecule has 4 N–H and O–H groups in total. The van der Waals surface area contributed by atoms with Crippen LogP contribution in [0, 0.1) is 13.8 Å². The second-order valence-corrected chi connectivity index (χ2v) is 4.98. The van der Waals surface area contributed by atoms with Crippen molar-refractivity contribution in [1.82, 2.24) is 0 Å². The van der Waals surface area contributed by atoms with Crippen molar-refractivity contribution in [1.29, 1.82) is 0 Å². The van der Waals surface area contributed by atoms with Gasteiger partial charge in [-0.3, -0.25) is 0 Å². The zero-order chi connectivity index (χ0) is 14.6. The standard InChI is InChI=1S/C14H22ClNO3/c1-4-19-11-7-8(2)13(15)9(3)12(11)14(18)10(16)5-6-17/h7,10,14,17-18H,4-6,16H2,1-3H3. The molecule has 19 heavy (non-hydrogen) atoms. The third kappa shape index (κ3) is 3.60. The first kappa shape index (κ1) is 16.2. The minimum atomic E-state index is -0.910. The summed E-state index contributed by atoms with van der Waals surface area (Å²) in [6.45, 7) is 6.03. The van der Waals surface area contributed by atoms with E-state index >= 15 is 0 Å². The van der Waals surface area contributed by atoms with Crippen molar-refractivity contribution in [3.8, 4) is 5.75 Å². The molecule has 0 fully saturated rings. The van der Waals surface area contributed by atoms with Crippen molar-refractivity contribution < 1.29 is 14.9 Å². The first-order valence-electron chi connectivity index (χ1n) is 6.40. The average Bonchev–Trinajstić information content (AvgIpc) is 2.36. The van der Waals surface area contributed by atoms with Crippen molar-refractivity contribution >= 4 is 11.6 Å². The minimum Gasteiger partial charge on any atom is -0.493 e. The molecule has 0 saturated heterocycles. The third-order valence-corrected chi connectivity index (χ3v) is 3.74. The normalized spacial score (nSPS) is 14.3. The molecule has 1 aromatic carbocycles. The molecule has 5 heteroatoms. The van der Waals surface area contributed by atoms with Crippen molar-refractivity contribution in [2.75, 3.05) is 13.2 Å². The summed E-state index contributed by atoms with van der Waals surface area (Å²) >= 11 is 6.22. The van der Waals surface area contributed by atoms with Gasteiger partial charge in [0.05, 0.1) is 12.7 Å². The van der Waals surface area contributed by atoms with Crippen molar-refractivity contribution in [2.24, 2.45) is 5.73 Å². The molecule has 108 valence electrons. The Bertz CT molecular complexity index is 437. The topological polar surface area (TPSA) is 75.7 Å². The highest BCUT2D eigenvalue weighted by atomic mass is 35.5. The first-order valence-corrected chi connectivity index (χ1v) is 6.78.